The van der Waals surface area contributed by atoms with Crippen molar-refractivity contribution in [2.75, 3.05) is 43.2 Å². The molecule has 2 fully saturated rings. The van der Waals surface area contributed by atoms with Gasteiger partial charge in [-0.2, -0.15) is 8.78 Å². The lowest BCUT2D eigenvalue weighted by molar-refractivity contribution is -0.192. The van der Waals surface area contributed by atoms with E-state index in [1.165, 1.54) is 7.11 Å². The molecule has 244 valence electrons. The topological polar surface area (TPSA) is 83.1 Å². The minimum Gasteiger partial charge on any atom is -0.422 e. The standard InChI is InChI=1S/C37H38F2N4O4/c1-21-29-17-27(18-32-34(29)47-37(38,39)36(45)42(32)13-4-14-46-2)43(26-9-10-26)35(44)31-20-40-12-11-28(31)24-6-3-5-22(15-24)23-7-8-25-19-41-33(21)30(25)16-23/h3,5-8,15-18,26,28,31,40-41H,4,9-14,19-20H2,1-2H3/t28-,31+/m1/s1. The molecule has 1 aliphatic carbocycles. The van der Waals surface area contributed by atoms with Crippen LogP contribution in [0.5, 0.6) is 5.75 Å². The second kappa shape index (κ2) is 11.5. The molecule has 4 heterocycles. The summed E-state index contributed by atoms with van der Waals surface area (Å²) >= 11 is 0. The van der Waals surface area contributed by atoms with Crippen LogP contribution in [0.4, 0.5) is 20.2 Å². The van der Waals surface area contributed by atoms with Crippen molar-refractivity contribution in [2.45, 2.75) is 57.2 Å². The second-order valence-corrected chi connectivity index (χ2v) is 13.3. The Kier molecular flexibility index (Phi) is 7.33. The molecule has 2 N–H and O–H groups in total. The van der Waals surface area contributed by atoms with Gasteiger partial charge in [-0.05, 0) is 91.1 Å². The van der Waals surface area contributed by atoms with E-state index in [1.807, 2.05) is 17.9 Å². The van der Waals surface area contributed by atoms with Crippen LogP contribution >= 0.6 is 0 Å². The second-order valence-electron chi connectivity index (χ2n) is 13.3. The highest BCUT2D eigenvalue weighted by Gasteiger charge is 2.52. The van der Waals surface area contributed by atoms with Gasteiger partial charge in [0.2, 0.25) is 5.91 Å². The number of anilines is 2. The van der Waals surface area contributed by atoms with Gasteiger partial charge in [-0.1, -0.05) is 36.4 Å². The van der Waals surface area contributed by atoms with Gasteiger partial charge in [0, 0.05) is 61.9 Å². The first kappa shape index (κ1) is 30.1. The predicted molar refractivity (Wildman–Crippen MR) is 176 cm³/mol. The molecule has 47 heavy (non-hydrogen) atoms. The Bertz CT molecular complexity index is 1820. The highest BCUT2D eigenvalue weighted by molar-refractivity contribution is 6.06. The lowest BCUT2D eigenvalue weighted by Crippen LogP contribution is -2.51. The van der Waals surface area contributed by atoms with Gasteiger partial charge in [-0.3, -0.25) is 9.59 Å². The van der Waals surface area contributed by atoms with Crippen molar-refractivity contribution in [2.24, 2.45) is 5.92 Å². The third-order valence-electron chi connectivity index (χ3n) is 10.3. The number of piperidine rings is 1. The molecule has 1 saturated carbocycles. The highest BCUT2D eigenvalue weighted by Crippen LogP contribution is 2.50. The summed E-state index contributed by atoms with van der Waals surface area (Å²) in [5.41, 5.74) is 8.10. The van der Waals surface area contributed by atoms with Crippen molar-refractivity contribution in [3.8, 4) is 16.9 Å². The monoisotopic (exact) mass is 640 g/mol. The van der Waals surface area contributed by atoms with Gasteiger partial charge in [-0.25, -0.2) is 0 Å². The zero-order chi connectivity index (χ0) is 32.4. The lowest BCUT2D eigenvalue weighted by Gasteiger charge is -2.38. The van der Waals surface area contributed by atoms with Crippen molar-refractivity contribution >= 4 is 34.5 Å². The van der Waals surface area contributed by atoms with Crippen LogP contribution in [0.15, 0.2) is 54.6 Å². The number of rotatable bonds is 5. The minimum atomic E-state index is -4.05. The number of hydrogen-bond donors (Lipinski definition) is 2. The molecule has 8 nitrogen and oxygen atoms in total. The Labute approximate surface area is 272 Å². The van der Waals surface area contributed by atoms with E-state index in [0.717, 1.165) is 64.2 Å². The molecule has 0 unspecified atom stereocenters. The molecule has 3 aromatic rings. The van der Waals surface area contributed by atoms with Crippen LogP contribution in [-0.2, 0) is 20.9 Å². The van der Waals surface area contributed by atoms with Gasteiger partial charge >= 0.3 is 12.0 Å². The zero-order valence-electron chi connectivity index (χ0n) is 26.6. The molecule has 2 amide bonds. The van der Waals surface area contributed by atoms with Crippen LogP contribution < -0.4 is 25.2 Å². The van der Waals surface area contributed by atoms with Crippen LogP contribution in [0.2, 0.25) is 0 Å². The van der Waals surface area contributed by atoms with Gasteiger partial charge in [0.15, 0.2) is 5.75 Å². The maximum Gasteiger partial charge on any atom is 0.483 e. The van der Waals surface area contributed by atoms with E-state index in [0.29, 0.717) is 42.9 Å². The van der Waals surface area contributed by atoms with E-state index >= 15 is 8.78 Å². The van der Waals surface area contributed by atoms with Gasteiger partial charge in [0.1, 0.15) is 0 Å². The number of nitrogens with zero attached hydrogens (tertiary/aromatic N) is 2. The number of alkyl halides is 2. The van der Waals surface area contributed by atoms with E-state index in [4.69, 9.17) is 9.47 Å². The number of nitrogens with one attached hydrogen (secondary N) is 2. The lowest BCUT2D eigenvalue weighted by atomic mass is 9.79. The third kappa shape index (κ3) is 5.09. The first-order valence-electron chi connectivity index (χ1n) is 16.5. The quantitative estimate of drug-likeness (QED) is 0.338. The van der Waals surface area contributed by atoms with Gasteiger partial charge in [-0.15, -0.1) is 0 Å². The number of carbonyl (C=O) groups excluding carboxylic acids is 2. The van der Waals surface area contributed by atoms with E-state index in [9.17, 15) is 9.59 Å². The summed E-state index contributed by atoms with van der Waals surface area (Å²) < 4.78 is 41.3. The SMILES string of the molecule is COCCCN1C(=O)C(F)(F)Oc2c3cc(cc21)N(C1CC1)C(=O)[C@H]1CNCC[C@@H]1c1cccc(c1)-c1ccc2c(c1)C(=C3C)NC2. The summed E-state index contributed by atoms with van der Waals surface area (Å²) in [4.78, 5) is 31.0. The highest BCUT2D eigenvalue weighted by atomic mass is 19.3. The fourth-order valence-corrected chi connectivity index (χ4v) is 7.74. The van der Waals surface area contributed by atoms with Gasteiger partial charge in [0.25, 0.3) is 0 Å². The Hall–Kier alpha value is -4.28. The van der Waals surface area contributed by atoms with Crippen molar-refractivity contribution in [3.63, 3.8) is 0 Å². The Morgan fingerprint density at radius 2 is 1.83 bits per heavy atom. The molecule has 2 atom stereocenters. The summed E-state index contributed by atoms with van der Waals surface area (Å²) in [6.07, 6.45) is -1.18. The fraction of sp³-hybridized carbons (Fsp3) is 0.405. The number of amides is 2. The van der Waals surface area contributed by atoms with Crippen LogP contribution in [-0.4, -0.2) is 57.3 Å². The smallest absolute Gasteiger partial charge is 0.422 e. The molecule has 8 rings (SSSR count). The van der Waals surface area contributed by atoms with Crippen molar-refractivity contribution in [3.05, 3.63) is 76.9 Å². The summed E-state index contributed by atoms with van der Waals surface area (Å²) in [7, 11) is 1.53. The van der Waals surface area contributed by atoms with E-state index in [-0.39, 0.29) is 41.8 Å². The van der Waals surface area contributed by atoms with Crippen molar-refractivity contribution < 1.29 is 27.8 Å². The van der Waals surface area contributed by atoms with E-state index < -0.39 is 12.0 Å². The van der Waals surface area contributed by atoms with Crippen molar-refractivity contribution in [1.82, 2.24) is 10.6 Å². The molecule has 5 aliphatic rings. The van der Waals surface area contributed by atoms with Gasteiger partial charge in [0.05, 0.1) is 11.6 Å². The Morgan fingerprint density at radius 1 is 1.00 bits per heavy atom. The number of ether oxygens (including phenoxy) is 2. The molecule has 1 saturated heterocycles. The number of carbonyl (C=O) groups is 2. The number of halogens is 2. The summed E-state index contributed by atoms with van der Waals surface area (Å²) in [5.74, 6) is -1.80. The van der Waals surface area contributed by atoms with Crippen LogP contribution in [0.1, 0.15) is 60.8 Å². The molecule has 10 heteroatoms. The number of allylic oxidation sites excluding steroid dienone is 1. The summed E-state index contributed by atoms with van der Waals surface area (Å²) in [5, 5.41) is 6.96. The Morgan fingerprint density at radius 3 is 2.64 bits per heavy atom. The maximum atomic E-state index is 15.4. The van der Waals surface area contributed by atoms with Crippen LogP contribution in [0.3, 0.4) is 0 Å². The fourth-order valence-electron chi connectivity index (χ4n) is 7.74. The molecule has 3 aromatic carbocycles. The van der Waals surface area contributed by atoms with Crippen LogP contribution in [0, 0.1) is 5.92 Å². The first-order valence-corrected chi connectivity index (χ1v) is 16.5. The molecule has 4 aliphatic heterocycles. The molecule has 0 aromatic heterocycles. The average Bonchev–Trinajstić information content (AvgIpc) is 3.82. The molecular weight excluding hydrogens is 602 g/mol. The molecular formula is C37H38F2N4O4. The number of fused-ring (bicyclic) bond motifs is 10. The van der Waals surface area contributed by atoms with E-state index in [2.05, 4.69) is 53.1 Å². The number of benzene rings is 3. The zero-order valence-corrected chi connectivity index (χ0v) is 26.6. The van der Waals surface area contributed by atoms with E-state index in [1.54, 1.807) is 6.07 Å². The number of methoxy groups -OCH3 is 1. The molecule has 0 spiro atoms. The third-order valence-corrected chi connectivity index (χ3v) is 10.3. The molecule has 6 bridgehead atoms. The normalized spacial score (nSPS) is 23.0. The minimum absolute atomic E-state index is 0.00217. The van der Waals surface area contributed by atoms with Gasteiger partial charge < -0.3 is 29.9 Å². The largest absolute Gasteiger partial charge is 0.483 e. The number of hydrogen-bond acceptors (Lipinski definition) is 6. The van der Waals surface area contributed by atoms with Crippen molar-refractivity contribution in [1.29, 1.82) is 0 Å². The first-order chi connectivity index (χ1) is 22.7. The average molecular weight is 641 g/mol. The summed E-state index contributed by atoms with van der Waals surface area (Å²) in [6.45, 7) is 4.15. The predicted octanol–water partition coefficient (Wildman–Crippen LogP) is 5.90. The molecule has 0 radical (unpaired) electrons. The maximum absolute atomic E-state index is 15.4. The summed E-state index contributed by atoms with van der Waals surface area (Å²) in [6, 6.07) is 18.4. The Balaban J connectivity index is 1.40. The van der Waals surface area contributed by atoms with Crippen LogP contribution in [0.25, 0.3) is 22.4 Å².